The van der Waals surface area contributed by atoms with E-state index >= 15 is 0 Å². The van der Waals surface area contributed by atoms with Crippen LogP contribution < -0.4 is 0 Å². The van der Waals surface area contributed by atoms with Gasteiger partial charge in [0.15, 0.2) is 0 Å². The Labute approximate surface area is 226 Å². The van der Waals surface area contributed by atoms with Gasteiger partial charge in [-0.05, 0) is 78.1 Å². The molecule has 1 N–H and O–H groups in total. The molecule has 4 nitrogen and oxygen atoms in total. The predicted octanol–water partition coefficient (Wildman–Crippen LogP) is 8.35. The zero-order valence-electron chi connectivity index (χ0n) is 24.2. The second kappa shape index (κ2) is 19.9. The van der Waals surface area contributed by atoms with Gasteiger partial charge in [0.1, 0.15) is 6.10 Å². The Morgan fingerprint density at radius 3 is 2.51 bits per heavy atom. The lowest BCUT2D eigenvalue weighted by Gasteiger charge is -2.23. The monoisotopic (exact) mass is 512 g/mol. The second-order valence-corrected chi connectivity index (χ2v) is 10.6. The highest BCUT2D eigenvalue weighted by atomic mass is 16.5. The number of aliphatic hydroxyl groups is 1. The van der Waals surface area contributed by atoms with Gasteiger partial charge in [0.2, 0.25) is 0 Å². The smallest absolute Gasteiger partial charge is 0.331 e. The molecule has 0 saturated carbocycles. The number of ether oxygens (including phenoxy) is 2. The number of aliphatic hydroxyl groups excluding tert-OH is 1. The van der Waals surface area contributed by atoms with E-state index in [4.69, 9.17) is 9.47 Å². The van der Waals surface area contributed by atoms with Crippen LogP contribution in [-0.2, 0) is 14.3 Å². The van der Waals surface area contributed by atoms with Gasteiger partial charge in [0.05, 0.1) is 18.8 Å². The van der Waals surface area contributed by atoms with Crippen molar-refractivity contribution in [1.82, 2.24) is 0 Å². The van der Waals surface area contributed by atoms with Crippen molar-refractivity contribution in [1.29, 1.82) is 0 Å². The van der Waals surface area contributed by atoms with Crippen LogP contribution in [0.25, 0.3) is 0 Å². The van der Waals surface area contributed by atoms with Gasteiger partial charge in [0, 0.05) is 6.08 Å². The van der Waals surface area contributed by atoms with E-state index in [0.29, 0.717) is 12.3 Å². The fourth-order valence-electron chi connectivity index (χ4n) is 4.27. The molecular weight excluding hydrogens is 460 g/mol. The zero-order valence-corrected chi connectivity index (χ0v) is 24.2. The van der Waals surface area contributed by atoms with Gasteiger partial charge in [0.25, 0.3) is 0 Å². The van der Waals surface area contributed by atoms with Gasteiger partial charge >= 0.3 is 5.97 Å². The Balaban J connectivity index is 2.61. The van der Waals surface area contributed by atoms with Crippen molar-refractivity contribution in [3.05, 3.63) is 71.4 Å². The van der Waals surface area contributed by atoms with Gasteiger partial charge in [-0.15, -0.1) is 0 Å². The van der Waals surface area contributed by atoms with Crippen molar-refractivity contribution in [2.24, 2.45) is 5.92 Å². The van der Waals surface area contributed by atoms with Crippen molar-refractivity contribution < 1.29 is 19.4 Å². The van der Waals surface area contributed by atoms with E-state index in [9.17, 15) is 9.90 Å². The second-order valence-electron chi connectivity index (χ2n) is 10.6. The number of carbonyl (C=O) groups is 1. The predicted molar refractivity (Wildman–Crippen MR) is 156 cm³/mol. The molecule has 1 rings (SSSR count). The topological polar surface area (TPSA) is 55.8 Å². The number of rotatable bonds is 11. The van der Waals surface area contributed by atoms with Crippen LogP contribution in [0, 0.1) is 5.92 Å². The van der Waals surface area contributed by atoms with Crippen LogP contribution in [0.5, 0.6) is 0 Å². The minimum atomic E-state index is -0.280. The first kappa shape index (κ1) is 32.9. The zero-order chi connectivity index (χ0) is 27.5. The van der Waals surface area contributed by atoms with Crippen LogP contribution in [0.1, 0.15) is 99.3 Å². The summed E-state index contributed by atoms with van der Waals surface area (Å²) in [4.78, 5) is 12.5. The number of esters is 1. The fourth-order valence-corrected chi connectivity index (χ4v) is 4.27. The molecule has 1 heterocycles. The molecule has 1 aliphatic heterocycles. The Morgan fingerprint density at radius 1 is 1.03 bits per heavy atom. The van der Waals surface area contributed by atoms with Crippen molar-refractivity contribution in [2.45, 2.75) is 118 Å². The average Bonchev–Trinajstić information content (AvgIpc) is 2.83. The summed E-state index contributed by atoms with van der Waals surface area (Å²) < 4.78 is 11.9. The highest BCUT2D eigenvalue weighted by Crippen LogP contribution is 2.19. The molecule has 0 bridgehead atoms. The van der Waals surface area contributed by atoms with Crippen LogP contribution in [0.3, 0.4) is 0 Å². The quantitative estimate of drug-likeness (QED) is 0.131. The molecule has 0 spiro atoms. The lowest BCUT2D eigenvalue weighted by Crippen LogP contribution is -2.22. The molecule has 0 radical (unpaired) electrons. The molecule has 1 aliphatic rings. The Kier molecular flexibility index (Phi) is 17.7. The first-order chi connectivity index (χ1) is 17.7. The van der Waals surface area contributed by atoms with E-state index in [1.54, 1.807) is 0 Å². The summed E-state index contributed by atoms with van der Waals surface area (Å²) in [6.45, 7) is 13.3. The van der Waals surface area contributed by atoms with Crippen molar-refractivity contribution in [3.63, 3.8) is 0 Å². The van der Waals surface area contributed by atoms with Crippen LogP contribution in [-0.4, -0.2) is 36.0 Å². The number of hydrogen-bond acceptors (Lipinski definition) is 4. The standard InChI is InChI=1S/C33H52O4/c1-7-14-30(34)22-20-27(4)15-12-16-28(5)25-29(6)21-23-33(35)37-31-17-10-8-9-11-24-36-32(26(2)3)19-13-18-31/h8-9,12,15-16,20-21,23,25-26,30-32,34H,7,10-11,13-14,17-19,22,24H2,1-6H3/b9-8?,15-12+,23-21+,27-20+,28-16+,29-25+/t30-,31?,32?/m0/s1. The van der Waals surface area contributed by atoms with E-state index in [2.05, 4.69) is 39.0 Å². The van der Waals surface area contributed by atoms with Crippen LogP contribution >= 0.6 is 0 Å². The Hall–Kier alpha value is -2.17. The Bertz CT molecular complexity index is 825. The summed E-state index contributed by atoms with van der Waals surface area (Å²) in [5.74, 6) is 0.210. The summed E-state index contributed by atoms with van der Waals surface area (Å²) in [6, 6.07) is 0. The van der Waals surface area contributed by atoms with Crippen molar-refractivity contribution in [2.75, 3.05) is 6.61 Å². The summed E-state index contributed by atoms with van der Waals surface area (Å²) in [7, 11) is 0. The minimum absolute atomic E-state index is 0.0653. The molecule has 0 amide bonds. The van der Waals surface area contributed by atoms with Crippen LogP contribution in [0.4, 0.5) is 0 Å². The Morgan fingerprint density at radius 2 is 1.78 bits per heavy atom. The molecule has 2 unspecified atom stereocenters. The highest BCUT2D eigenvalue weighted by molar-refractivity contribution is 5.82. The highest BCUT2D eigenvalue weighted by Gasteiger charge is 2.17. The maximum absolute atomic E-state index is 12.5. The molecule has 0 fully saturated rings. The number of allylic oxidation sites excluding steroid dienone is 9. The van der Waals surface area contributed by atoms with Gasteiger partial charge < -0.3 is 14.6 Å². The van der Waals surface area contributed by atoms with E-state index in [0.717, 1.165) is 74.7 Å². The summed E-state index contributed by atoms with van der Waals surface area (Å²) >= 11 is 0. The SMILES string of the molecule is CCC[C@H](O)C/C=C(C)/C=C/C=C(C)/C=C(C)/C=C/C(=O)OC1CCC=CCCOC(C(C)C)CCC1. The molecule has 0 aromatic carbocycles. The maximum atomic E-state index is 12.5. The third kappa shape index (κ3) is 17.1. The van der Waals surface area contributed by atoms with Gasteiger partial charge in [-0.25, -0.2) is 4.79 Å². The molecular formula is C33H52O4. The molecule has 0 aliphatic carbocycles. The minimum Gasteiger partial charge on any atom is -0.459 e. The number of carbonyl (C=O) groups excluding carboxylic acids is 1. The first-order valence-corrected chi connectivity index (χ1v) is 14.2. The molecule has 3 atom stereocenters. The van der Waals surface area contributed by atoms with Crippen molar-refractivity contribution >= 4 is 5.97 Å². The molecule has 37 heavy (non-hydrogen) atoms. The molecule has 0 aromatic rings. The molecule has 4 heteroatoms. The third-order valence-corrected chi connectivity index (χ3v) is 6.47. The molecule has 0 saturated heterocycles. The van der Waals surface area contributed by atoms with Crippen LogP contribution in [0.15, 0.2) is 71.4 Å². The summed E-state index contributed by atoms with van der Waals surface area (Å²) in [6.07, 6.45) is 26.0. The number of hydrogen-bond donors (Lipinski definition) is 1. The average molecular weight is 513 g/mol. The van der Waals surface area contributed by atoms with Gasteiger partial charge in [-0.3, -0.25) is 0 Å². The summed E-state index contributed by atoms with van der Waals surface area (Å²) in [5.41, 5.74) is 3.23. The van der Waals surface area contributed by atoms with E-state index in [-0.39, 0.29) is 24.3 Å². The van der Waals surface area contributed by atoms with Gasteiger partial charge in [-0.2, -0.15) is 0 Å². The third-order valence-electron chi connectivity index (χ3n) is 6.47. The fraction of sp³-hybridized carbons (Fsp3) is 0.606. The maximum Gasteiger partial charge on any atom is 0.331 e. The molecule has 0 aromatic heterocycles. The largest absolute Gasteiger partial charge is 0.459 e. The van der Waals surface area contributed by atoms with Crippen molar-refractivity contribution in [3.8, 4) is 0 Å². The van der Waals surface area contributed by atoms with Gasteiger partial charge in [-0.1, -0.05) is 92.5 Å². The lowest BCUT2D eigenvalue weighted by molar-refractivity contribution is -0.143. The normalized spacial score (nSPS) is 22.3. The molecule has 208 valence electrons. The lowest BCUT2D eigenvalue weighted by atomic mass is 9.98. The van der Waals surface area contributed by atoms with E-state index < -0.39 is 0 Å². The summed E-state index contributed by atoms with van der Waals surface area (Å²) in [5, 5.41) is 9.85. The van der Waals surface area contributed by atoms with Crippen LogP contribution in [0.2, 0.25) is 0 Å². The van der Waals surface area contributed by atoms with E-state index in [1.807, 2.05) is 51.2 Å². The van der Waals surface area contributed by atoms with E-state index in [1.165, 1.54) is 6.08 Å². The first-order valence-electron chi connectivity index (χ1n) is 14.2.